The lowest BCUT2D eigenvalue weighted by Gasteiger charge is -2.28. The maximum absolute atomic E-state index is 13.2. The molecule has 2 aliphatic rings. The fourth-order valence-electron chi connectivity index (χ4n) is 4.14. The number of imidazole rings is 1. The SMILES string of the molecule is O=C(O)CC(NC(=O)C1CCCN1)C(=O)NC(Cc1cnc[nH]1)C(=O)N1CCCC1C(=O)O. The van der Waals surface area contributed by atoms with Crippen LogP contribution in [0.15, 0.2) is 12.5 Å². The van der Waals surface area contributed by atoms with Gasteiger partial charge in [0.1, 0.15) is 18.1 Å². The number of nitrogens with zero attached hydrogens (tertiary/aromatic N) is 2. The second-order valence-corrected chi connectivity index (χ2v) is 8.18. The minimum atomic E-state index is -1.40. The molecule has 3 amide bonds. The van der Waals surface area contributed by atoms with Gasteiger partial charge in [0.05, 0.1) is 18.8 Å². The molecule has 4 atom stereocenters. The number of hydrogen-bond acceptors (Lipinski definition) is 7. The lowest BCUT2D eigenvalue weighted by Crippen LogP contribution is -2.58. The molecular formula is C20H28N6O7. The number of amides is 3. The van der Waals surface area contributed by atoms with Crippen LogP contribution in [0, 0.1) is 0 Å². The number of H-pyrrole nitrogens is 1. The second-order valence-electron chi connectivity index (χ2n) is 8.18. The Hall–Kier alpha value is -3.48. The molecular weight excluding hydrogens is 436 g/mol. The highest BCUT2D eigenvalue weighted by molar-refractivity contribution is 5.96. The lowest BCUT2D eigenvalue weighted by molar-refractivity contribution is -0.149. The highest BCUT2D eigenvalue weighted by Crippen LogP contribution is 2.19. The molecule has 3 heterocycles. The Morgan fingerprint density at radius 3 is 2.52 bits per heavy atom. The van der Waals surface area contributed by atoms with Gasteiger partial charge in [0.15, 0.2) is 0 Å². The summed E-state index contributed by atoms with van der Waals surface area (Å²) < 4.78 is 0. The molecule has 2 fully saturated rings. The van der Waals surface area contributed by atoms with E-state index >= 15 is 0 Å². The quantitative estimate of drug-likeness (QED) is 0.232. The number of carbonyl (C=O) groups excluding carboxylic acids is 3. The van der Waals surface area contributed by atoms with E-state index in [2.05, 4.69) is 25.9 Å². The van der Waals surface area contributed by atoms with Gasteiger partial charge in [-0.2, -0.15) is 0 Å². The lowest BCUT2D eigenvalue weighted by atomic mass is 10.1. The highest BCUT2D eigenvalue weighted by atomic mass is 16.4. The molecule has 0 aliphatic carbocycles. The van der Waals surface area contributed by atoms with Crippen LogP contribution in [0.2, 0.25) is 0 Å². The molecule has 3 rings (SSSR count). The zero-order valence-electron chi connectivity index (χ0n) is 18.0. The molecule has 1 aromatic rings. The fourth-order valence-corrected chi connectivity index (χ4v) is 4.14. The molecule has 6 N–H and O–H groups in total. The smallest absolute Gasteiger partial charge is 0.326 e. The Morgan fingerprint density at radius 2 is 1.91 bits per heavy atom. The van der Waals surface area contributed by atoms with Gasteiger partial charge >= 0.3 is 11.9 Å². The highest BCUT2D eigenvalue weighted by Gasteiger charge is 2.39. The maximum atomic E-state index is 13.2. The normalized spacial score (nSPS) is 21.9. The Kier molecular flexibility index (Phi) is 7.98. The van der Waals surface area contributed by atoms with E-state index in [0.29, 0.717) is 31.5 Å². The zero-order chi connectivity index (χ0) is 24.0. The Labute approximate surface area is 189 Å². The van der Waals surface area contributed by atoms with Gasteiger partial charge in [-0.15, -0.1) is 0 Å². The maximum Gasteiger partial charge on any atom is 0.326 e. The first-order valence-corrected chi connectivity index (χ1v) is 10.8. The molecule has 13 nitrogen and oxygen atoms in total. The van der Waals surface area contributed by atoms with Gasteiger partial charge in [0.25, 0.3) is 0 Å². The number of aromatic amines is 1. The third-order valence-corrected chi connectivity index (χ3v) is 5.80. The number of rotatable bonds is 10. The number of carbonyl (C=O) groups is 5. The molecule has 0 radical (unpaired) electrons. The first kappa shape index (κ1) is 24.2. The minimum Gasteiger partial charge on any atom is -0.481 e. The monoisotopic (exact) mass is 464 g/mol. The van der Waals surface area contributed by atoms with Gasteiger partial charge < -0.3 is 36.0 Å². The van der Waals surface area contributed by atoms with E-state index in [1.165, 1.54) is 17.4 Å². The average Bonchev–Trinajstić information content (AvgIpc) is 3.54. The topological polar surface area (TPSA) is 194 Å². The fraction of sp³-hybridized carbons (Fsp3) is 0.600. The van der Waals surface area contributed by atoms with Gasteiger partial charge in [-0.1, -0.05) is 0 Å². The van der Waals surface area contributed by atoms with Gasteiger partial charge in [0, 0.05) is 24.9 Å². The first-order valence-electron chi connectivity index (χ1n) is 10.8. The molecule has 4 unspecified atom stereocenters. The van der Waals surface area contributed by atoms with Crippen molar-refractivity contribution in [1.29, 1.82) is 0 Å². The molecule has 0 saturated carbocycles. The summed E-state index contributed by atoms with van der Waals surface area (Å²) in [4.78, 5) is 69.4. The van der Waals surface area contributed by atoms with Crippen molar-refractivity contribution in [3.05, 3.63) is 18.2 Å². The number of likely N-dealkylation sites (tertiary alicyclic amines) is 1. The molecule has 0 aromatic carbocycles. The van der Waals surface area contributed by atoms with Crippen molar-refractivity contribution in [2.45, 2.75) is 62.7 Å². The van der Waals surface area contributed by atoms with Crippen LogP contribution in [0.4, 0.5) is 0 Å². The van der Waals surface area contributed by atoms with Gasteiger partial charge in [-0.05, 0) is 32.2 Å². The second kappa shape index (κ2) is 10.9. The van der Waals surface area contributed by atoms with Crippen molar-refractivity contribution >= 4 is 29.7 Å². The number of carboxylic acid groups (broad SMARTS) is 2. The van der Waals surface area contributed by atoms with Crippen molar-refractivity contribution in [3.8, 4) is 0 Å². The van der Waals surface area contributed by atoms with Crippen LogP contribution < -0.4 is 16.0 Å². The van der Waals surface area contributed by atoms with Crippen molar-refractivity contribution in [3.63, 3.8) is 0 Å². The van der Waals surface area contributed by atoms with Crippen LogP contribution in [0.5, 0.6) is 0 Å². The summed E-state index contributed by atoms with van der Waals surface area (Å²) in [5.74, 6) is -4.35. The Bertz CT molecular complexity index is 883. The summed E-state index contributed by atoms with van der Waals surface area (Å²) in [6, 6.07) is -4.09. The average molecular weight is 464 g/mol. The summed E-state index contributed by atoms with van der Waals surface area (Å²) in [7, 11) is 0. The summed E-state index contributed by atoms with van der Waals surface area (Å²) >= 11 is 0. The van der Waals surface area contributed by atoms with Crippen LogP contribution in [-0.4, -0.2) is 92.0 Å². The minimum absolute atomic E-state index is 0.00860. The largest absolute Gasteiger partial charge is 0.481 e. The Morgan fingerprint density at radius 1 is 1.12 bits per heavy atom. The van der Waals surface area contributed by atoms with E-state index in [9.17, 15) is 34.2 Å². The van der Waals surface area contributed by atoms with E-state index in [-0.39, 0.29) is 13.0 Å². The third kappa shape index (κ3) is 6.28. The molecule has 180 valence electrons. The van der Waals surface area contributed by atoms with Crippen molar-refractivity contribution in [2.75, 3.05) is 13.1 Å². The molecule has 33 heavy (non-hydrogen) atoms. The number of hydrogen-bond donors (Lipinski definition) is 6. The van der Waals surface area contributed by atoms with Gasteiger partial charge in [-0.3, -0.25) is 19.2 Å². The summed E-state index contributed by atoms with van der Waals surface area (Å²) in [5, 5.41) is 26.6. The van der Waals surface area contributed by atoms with Gasteiger partial charge in [0.2, 0.25) is 17.7 Å². The predicted octanol–water partition coefficient (Wildman–Crippen LogP) is -1.78. The molecule has 2 aliphatic heterocycles. The first-order chi connectivity index (χ1) is 15.8. The molecule has 13 heteroatoms. The van der Waals surface area contributed by atoms with Crippen molar-refractivity contribution < 1.29 is 34.2 Å². The number of aromatic nitrogens is 2. The van der Waals surface area contributed by atoms with E-state index in [1.807, 2.05) is 0 Å². The van der Waals surface area contributed by atoms with E-state index < -0.39 is 60.2 Å². The van der Waals surface area contributed by atoms with E-state index in [1.54, 1.807) is 0 Å². The number of aliphatic carboxylic acids is 2. The van der Waals surface area contributed by atoms with Crippen LogP contribution in [0.3, 0.4) is 0 Å². The number of carboxylic acids is 2. The van der Waals surface area contributed by atoms with Gasteiger partial charge in [-0.25, -0.2) is 9.78 Å². The van der Waals surface area contributed by atoms with Crippen molar-refractivity contribution in [1.82, 2.24) is 30.8 Å². The molecule has 0 spiro atoms. The Balaban J connectivity index is 1.76. The van der Waals surface area contributed by atoms with E-state index in [4.69, 9.17) is 0 Å². The van der Waals surface area contributed by atoms with Crippen LogP contribution in [0.25, 0.3) is 0 Å². The molecule has 0 bridgehead atoms. The molecule has 2 saturated heterocycles. The summed E-state index contributed by atoms with van der Waals surface area (Å²) in [6.07, 6.45) is 4.36. The van der Waals surface area contributed by atoms with Crippen LogP contribution in [-0.2, 0) is 30.4 Å². The number of nitrogens with one attached hydrogen (secondary N) is 4. The third-order valence-electron chi connectivity index (χ3n) is 5.80. The van der Waals surface area contributed by atoms with Crippen LogP contribution >= 0.6 is 0 Å². The summed E-state index contributed by atoms with van der Waals surface area (Å²) in [6.45, 7) is 0.878. The van der Waals surface area contributed by atoms with E-state index in [0.717, 1.165) is 6.42 Å². The zero-order valence-corrected chi connectivity index (χ0v) is 18.0. The molecule has 1 aromatic heterocycles. The van der Waals surface area contributed by atoms with Crippen LogP contribution in [0.1, 0.15) is 37.8 Å². The standard InChI is InChI=1S/C20H28N6O7/c27-16(28)8-13(24-17(29)12-3-1-5-22-12)18(30)25-14(7-11-9-21-10-23-11)19(31)26-6-2-4-15(26)20(32)33/h9-10,12-15,22H,1-8H2,(H,21,23)(H,24,29)(H,25,30)(H,27,28)(H,32,33). The van der Waals surface area contributed by atoms with Crippen molar-refractivity contribution in [2.24, 2.45) is 0 Å². The predicted molar refractivity (Wildman–Crippen MR) is 112 cm³/mol. The summed E-state index contributed by atoms with van der Waals surface area (Å²) in [5.41, 5.74) is 0.522.